The Morgan fingerprint density at radius 2 is 1.91 bits per heavy atom. The summed E-state index contributed by atoms with van der Waals surface area (Å²) in [6, 6.07) is 11.7. The lowest BCUT2D eigenvalue weighted by Crippen LogP contribution is -2.48. The van der Waals surface area contributed by atoms with E-state index in [4.69, 9.17) is 9.47 Å². The average Bonchev–Trinajstić information content (AvgIpc) is 3.47. The predicted molar refractivity (Wildman–Crippen MR) is 113 cm³/mol. The van der Waals surface area contributed by atoms with Crippen molar-refractivity contribution in [3.8, 4) is 17.2 Å². The molecule has 5 rings (SSSR count). The normalized spacial score (nSPS) is 16.1. The van der Waals surface area contributed by atoms with Gasteiger partial charge in [0.15, 0.2) is 17.3 Å². The molecule has 0 N–H and O–H groups in total. The standard InChI is InChI=1S/C22H21FN6O3/c23-17-2-1-3-18(13-17)29-21(24-25-26-29)14-27-8-10-28(11-9-27)22(30)7-5-16-4-6-19-20(12-16)32-15-31-19/h1-7,12-13H,8-11,14-15H2/b7-5-. The third kappa shape index (κ3) is 4.30. The highest BCUT2D eigenvalue weighted by Gasteiger charge is 2.22. The zero-order valence-corrected chi connectivity index (χ0v) is 17.2. The maximum Gasteiger partial charge on any atom is 0.246 e. The number of hydrogen-bond acceptors (Lipinski definition) is 7. The maximum absolute atomic E-state index is 13.6. The third-order valence-electron chi connectivity index (χ3n) is 5.45. The average molecular weight is 436 g/mol. The minimum absolute atomic E-state index is 0.0353. The van der Waals surface area contributed by atoms with E-state index in [-0.39, 0.29) is 18.5 Å². The zero-order valence-electron chi connectivity index (χ0n) is 17.2. The van der Waals surface area contributed by atoms with E-state index in [0.29, 0.717) is 55.7 Å². The summed E-state index contributed by atoms with van der Waals surface area (Å²) in [5.74, 6) is 1.65. The molecule has 10 heteroatoms. The second kappa shape index (κ2) is 8.75. The van der Waals surface area contributed by atoms with Crippen LogP contribution in [0.1, 0.15) is 11.4 Å². The molecule has 1 fully saturated rings. The summed E-state index contributed by atoms with van der Waals surface area (Å²) in [6.07, 6.45) is 3.36. The predicted octanol–water partition coefficient (Wildman–Crippen LogP) is 1.89. The van der Waals surface area contributed by atoms with E-state index in [1.807, 2.05) is 23.1 Å². The summed E-state index contributed by atoms with van der Waals surface area (Å²) in [4.78, 5) is 16.6. The molecule has 2 aliphatic heterocycles. The van der Waals surface area contributed by atoms with Crippen LogP contribution in [0, 0.1) is 5.82 Å². The maximum atomic E-state index is 13.6. The first-order valence-electron chi connectivity index (χ1n) is 10.3. The molecule has 164 valence electrons. The highest BCUT2D eigenvalue weighted by molar-refractivity contribution is 5.92. The molecule has 2 aromatic carbocycles. The molecule has 0 aliphatic carbocycles. The van der Waals surface area contributed by atoms with Crippen molar-refractivity contribution in [2.75, 3.05) is 33.0 Å². The molecule has 0 atom stereocenters. The number of halogens is 1. The Morgan fingerprint density at radius 1 is 1.06 bits per heavy atom. The van der Waals surface area contributed by atoms with Crippen LogP contribution in [0.3, 0.4) is 0 Å². The molecule has 0 saturated carbocycles. The number of piperazine rings is 1. The van der Waals surface area contributed by atoms with Crippen molar-refractivity contribution in [3.05, 3.63) is 65.7 Å². The van der Waals surface area contributed by atoms with Crippen molar-refractivity contribution in [2.24, 2.45) is 0 Å². The van der Waals surface area contributed by atoms with Gasteiger partial charge in [-0.25, -0.2) is 4.39 Å². The third-order valence-corrected chi connectivity index (χ3v) is 5.45. The summed E-state index contributed by atoms with van der Waals surface area (Å²) in [6.45, 7) is 3.33. The Hall–Kier alpha value is -3.79. The van der Waals surface area contributed by atoms with Gasteiger partial charge in [-0.3, -0.25) is 9.69 Å². The summed E-state index contributed by atoms with van der Waals surface area (Å²) in [7, 11) is 0. The van der Waals surface area contributed by atoms with Crippen molar-refractivity contribution < 1.29 is 18.7 Å². The monoisotopic (exact) mass is 436 g/mol. The quantitative estimate of drug-likeness (QED) is 0.565. The first kappa shape index (κ1) is 20.1. The second-order valence-corrected chi connectivity index (χ2v) is 7.53. The minimum Gasteiger partial charge on any atom is -0.454 e. The van der Waals surface area contributed by atoms with E-state index in [1.165, 1.54) is 16.8 Å². The number of tetrazole rings is 1. The Balaban J connectivity index is 1.16. The van der Waals surface area contributed by atoms with Crippen molar-refractivity contribution in [1.29, 1.82) is 0 Å². The first-order valence-corrected chi connectivity index (χ1v) is 10.3. The van der Waals surface area contributed by atoms with E-state index >= 15 is 0 Å². The van der Waals surface area contributed by atoms with Crippen molar-refractivity contribution in [1.82, 2.24) is 30.0 Å². The Bertz CT molecular complexity index is 1160. The van der Waals surface area contributed by atoms with Gasteiger partial charge in [-0.05, 0) is 52.4 Å². The van der Waals surface area contributed by atoms with E-state index < -0.39 is 0 Å². The van der Waals surface area contributed by atoms with Crippen molar-refractivity contribution in [3.63, 3.8) is 0 Å². The smallest absolute Gasteiger partial charge is 0.246 e. The van der Waals surface area contributed by atoms with Crippen LogP contribution in [0.15, 0.2) is 48.5 Å². The number of fused-ring (bicyclic) bond motifs is 1. The van der Waals surface area contributed by atoms with Crippen LogP contribution in [0.5, 0.6) is 11.5 Å². The summed E-state index contributed by atoms with van der Waals surface area (Å²) < 4.78 is 25.8. The number of rotatable bonds is 5. The van der Waals surface area contributed by atoms with E-state index in [2.05, 4.69) is 20.4 Å². The molecular formula is C22H21FN6O3. The molecule has 1 aromatic heterocycles. The van der Waals surface area contributed by atoms with Crippen LogP contribution in [-0.4, -0.2) is 68.9 Å². The molecular weight excluding hydrogens is 415 g/mol. The van der Waals surface area contributed by atoms with Gasteiger partial charge in [-0.15, -0.1) is 5.10 Å². The Labute approximate surface area is 183 Å². The van der Waals surface area contributed by atoms with Gasteiger partial charge in [0, 0.05) is 32.3 Å². The van der Waals surface area contributed by atoms with Gasteiger partial charge in [0.05, 0.1) is 12.2 Å². The Kier molecular flexibility index (Phi) is 5.51. The van der Waals surface area contributed by atoms with Crippen LogP contribution < -0.4 is 9.47 Å². The molecule has 0 bridgehead atoms. The molecule has 0 radical (unpaired) electrons. The zero-order chi connectivity index (χ0) is 21.9. The molecule has 3 aromatic rings. The van der Waals surface area contributed by atoms with E-state index in [1.54, 1.807) is 24.3 Å². The first-order chi connectivity index (χ1) is 15.7. The highest BCUT2D eigenvalue weighted by Crippen LogP contribution is 2.32. The fourth-order valence-electron chi connectivity index (χ4n) is 3.73. The SMILES string of the molecule is O=C(/C=C\c1ccc2c(c1)OCO2)N1CCN(Cc2nnnn2-c2cccc(F)c2)CC1. The number of ether oxygens (including phenoxy) is 2. The fraction of sp³-hybridized carbons (Fsp3) is 0.273. The van der Waals surface area contributed by atoms with Crippen LogP contribution in [-0.2, 0) is 11.3 Å². The fourth-order valence-corrected chi connectivity index (χ4v) is 3.73. The van der Waals surface area contributed by atoms with E-state index in [0.717, 1.165) is 5.56 Å². The van der Waals surface area contributed by atoms with Gasteiger partial charge in [0.25, 0.3) is 0 Å². The summed E-state index contributed by atoms with van der Waals surface area (Å²) in [5, 5.41) is 11.8. The number of aromatic nitrogens is 4. The summed E-state index contributed by atoms with van der Waals surface area (Å²) >= 11 is 0. The van der Waals surface area contributed by atoms with E-state index in [9.17, 15) is 9.18 Å². The number of amides is 1. The largest absolute Gasteiger partial charge is 0.454 e. The molecule has 3 heterocycles. The molecule has 1 amide bonds. The van der Waals surface area contributed by atoms with Gasteiger partial charge < -0.3 is 14.4 Å². The lowest BCUT2D eigenvalue weighted by molar-refractivity contribution is -0.127. The van der Waals surface area contributed by atoms with Crippen LogP contribution in [0.2, 0.25) is 0 Å². The van der Waals surface area contributed by atoms with Crippen molar-refractivity contribution in [2.45, 2.75) is 6.54 Å². The molecule has 2 aliphatic rings. The molecule has 1 saturated heterocycles. The molecule has 0 spiro atoms. The number of carbonyl (C=O) groups excluding carboxylic acids is 1. The summed E-state index contributed by atoms with van der Waals surface area (Å²) in [5.41, 5.74) is 1.46. The number of hydrogen-bond donors (Lipinski definition) is 0. The topological polar surface area (TPSA) is 85.6 Å². The van der Waals surface area contributed by atoms with Crippen LogP contribution in [0.4, 0.5) is 4.39 Å². The van der Waals surface area contributed by atoms with Gasteiger partial charge >= 0.3 is 0 Å². The van der Waals surface area contributed by atoms with Crippen LogP contribution >= 0.6 is 0 Å². The molecule has 9 nitrogen and oxygen atoms in total. The second-order valence-electron chi connectivity index (χ2n) is 7.53. The van der Waals surface area contributed by atoms with Crippen molar-refractivity contribution >= 4 is 12.0 Å². The minimum atomic E-state index is -0.343. The molecule has 0 unspecified atom stereocenters. The van der Waals surface area contributed by atoms with Crippen LogP contribution in [0.25, 0.3) is 11.8 Å². The lowest BCUT2D eigenvalue weighted by Gasteiger charge is -2.33. The van der Waals surface area contributed by atoms with Gasteiger partial charge in [-0.2, -0.15) is 4.68 Å². The number of nitrogens with zero attached hydrogens (tertiary/aromatic N) is 6. The number of benzene rings is 2. The lowest BCUT2D eigenvalue weighted by atomic mass is 10.2. The Morgan fingerprint density at radius 3 is 2.75 bits per heavy atom. The highest BCUT2D eigenvalue weighted by atomic mass is 19.1. The van der Waals surface area contributed by atoms with Gasteiger partial charge in [0.2, 0.25) is 12.7 Å². The van der Waals surface area contributed by atoms with Gasteiger partial charge in [0.1, 0.15) is 5.82 Å². The number of carbonyl (C=O) groups is 1. The molecule has 32 heavy (non-hydrogen) atoms. The van der Waals surface area contributed by atoms with Gasteiger partial charge in [-0.1, -0.05) is 12.1 Å².